The third-order valence-electron chi connectivity index (χ3n) is 3.92. The van der Waals surface area contributed by atoms with E-state index in [9.17, 15) is 18.7 Å². The lowest BCUT2D eigenvalue weighted by molar-refractivity contribution is 0.0718. The Morgan fingerprint density at radius 2 is 2.26 bits per heavy atom. The van der Waals surface area contributed by atoms with Crippen LogP contribution >= 0.6 is 11.3 Å². The van der Waals surface area contributed by atoms with Crippen molar-refractivity contribution in [1.29, 1.82) is 0 Å². The molecule has 2 atom stereocenters. The number of hydrogen-bond donors (Lipinski definition) is 1. The molecule has 7 heteroatoms. The number of thiazole rings is 1. The van der Waals surface area contributed by atoms with E-state index in [1.54, 1.807) is 0 Å². The highest BCUT2D eigenvalue weighted by Crippen LogP contribution is 2.35. The first-order valence-electron chi connectivity index (χ1n) is 7.38. The van der Waals surface area contributed by atoms with E-state index in [4.69, 9.17) is 0 Å². The first kappa shape index (κ1) is 16.0. The van der Waals surface area contributed by atoms with E-state index in [1.165, 1.54) is 22.4 Å². The van der Waals surface area contributed by atoms with Crippen LogP contribution in [-0.4, -0.2) is 33.5 Å². The average Bonchev–Trinajstić information content (AvgIpc) is 3.15. The van der Waals surface area contributed by atoms with E-state index < -0.39 is 23.8 Å². The molecule has 1 saturated heterocycles. The quantitative estimate of drug-likeness (QED) is 0.936. The van der Waals surface area contributed by atoms with Gasteiger partial charge in [0.2, 0.25) is 0 Å². The minimum absolute atomic E-state index is 0.0927. The number of amides is 1. The summed E-state index contributed by atoms with van der Waals surface area (Å²) >= 11 is 1.28. The van der Waals surface area contributed by atoms with Gasteiger partial charge in [-0.2, -0.15) is 0 Å². The maximum atomic E-state index is 14.1. The maximum absolute atomic E-state index is 14.1. The van der Waals surface area contributed by atoms with Crippen LogP contribution in [0.15, 0.2) is 24.4 Å². The Kier molecular flexibility index (Phi) is 4.41. The van der Waals surface area contributed by atoms with Crippen LogP contribution in [0.3, 0.4) is 0 Å². The summed E-state index contributed by atoms with van der Waals surface area (Å²) in [7, 11) is 0. The number of aliphatic hydroxyl groups is 1. The molecule has 0 bridgehead atoms. The maximum Gasteiger partial charge on any atom is 0.266 e. The van der Waals surface area contributed by atoms with Crippen molar-refractivity contribution in [3.63, 3.8) is 0 Å². The van der Waals surface area contributed by atoms with Crippen LogP contribution < -0.4 is 0 Å². The highest BCUT2D eigenvalue weighted by atomic mass is 32.1. The molecule has 0 radical (unpaired) electrons. The molecular weight excluding hydrogens is 322 g/mol. The van der Waals surface area contributed by atoms with E-state index in [2.05, 4.69) is 4.98 Å². The SMILES string of the molecule is CCc1ncc(C(=O)N2CC(O)CC2c2cc(F)ccc2F)s1. The van der Waals surface area contributed by atoms with Crippen LogP contribution in [0.2, 0.25) is 0 Å². The summed E-state index contributed by atoms with van der Waals surface area (Å²) in [5.41, 5.74) is 0.0927. The van der Waals surface area contributed by atoms with Gasteiger partial charge >= 0.3 is 0 Å². The Bertz CT molecular complexity index is 735. The third-order valence-corrected chi connectivity index (χ3v) is 5.05. The predicted octanol–water partition coefficient (Wildman–Crippen LogP) is 2.93. The summed E-state index contributed by atoms with van der Waals surface area (Å²) in [5.74, 6) is -1.46. The molecular formula is C16H16F2N2O2S. The zero-order chi connectivity index (χ0) is 16.6. The van der Waals surface area contributed by atoms with Gasteiger partial charge in [0.25, 0.3) is 5.91 Å². The Labute approximate surface area is 136 Å². The van der Waals surface area contributed by atoms with Crippen molar-refractivity contribution in [3.05, 3.63) is 51.5 Å². The van der Waals surface area contributed by atoms with Crippen molar-refractivity contribution in [1.82, 2.24) is 9.88 Å². The van der Waals surface area contributed by atoms with Gasteiger partial charge < -0.3 is 10.0 Å². The number of β-amino-alcohol motifs (C(OH)–C–C–N with tert-alkyl or cyclic N) is 1. The van der Waals surface area contributed by atoms with Gasteiger partial charge in [-0.3, -0.25) is 4.79 Å². The second kappa shape index (κ2) is 6.33. The number of benzene rings is 1. The van der Waals surface area contributed by atoms with Gasteiger partial charge in [0.15, 0.2) is 0 Å². The normalized spacial score (nSPS) is 21.0. The van der Waals surface area contributed by atoms with Crippen molar-refractivity contribution < 1.29 is 18.7 Å². The predicted molar refractivity (Wildman–Crippen MR) is 82.3 cm³/mol. The Morgan fingerprint density at radius 3 is 2.96 bits per heavy atom. The van der Waals surface area contributed by atoms with Crippen LogP contribution in [0.25, 0.3) is 0 Å². The van der Waals surface area contributed by atoms with Crippen molar-refractivity contribution in [2.45, 2.75) is 31.9 Å². The molecule has 0 spiro atoms. The van der Waals surface area contributed by atoms with Gasteiger partial charge in [-0.15, -0.1) is 11.3 Å². The van der Waals surface area contributed by atoms with Gasteiger partial charge in [-0.05, 0) is 31.0 Å². The van der Waals surface area contributed by atoms with Crippen molar-refractivity contribution >= 4 is 17.2 Å². The number of rotatable bonds is 3. The van der Waals surface area contributed by atoms with E-state index in [0.29, 0.717) is 4.88 Å². The molecule has 1 aromatic heterocycles. The highest BCUT2D eigenvalue weighted by molar-refractivity contribution is 7.13. The van der Waals surface area contributed by atoms with Crippen LogP contribution in [-0.2, 0) is 6.42 Å². The zero-order valence-corrected chi connectivity index (χ0v) is 13.3. The number of aromatic nitrogens is 1. The van der Waals surface area contributed by atoms with Crippen molar-refractivity contribution in [2.75, 3.05) is 6.54 Å². The van der Waals surface area contributed by atoms with E-state index in [-0.39, 0.29) is 24.4 Å². The van der Waals surface area contributed by atoms with Gasteiger partial charge in [-0.25, -0.2) is 13.8 Å². The zero-order valence-electron chi connectivity index (χ0n) is 12.5. The fourth-order valence-electron chi connectivity index (χ4n) is 2.82. The lowest BCUT2D eigenvalue weighted by atomic mass is 10.0. The number of hydrogen-bond acceptors (Lipinski definition) is 4. The number of carbonyl (C=O) groups is 1. The summed E-state index contributed by atoms with van der Waals surface area (Å²) in [6.07, 6.45) is 1.65. The number of aryl methyl sites for hydroxylation is 1. The number of carbonyl (C=O) groups excluding carboxylic acids is 1. The molecule has 4 nitrogen and oxygen atoms in total. The smallest absolute Gasteiger partial charge is 0.266 e. The minimum Gasteiger partial charge on any atom is -0.391 e. The molecule has 122 valence electrons. The Morgan fingerprint density at radius 1 is 1.48 bits per heavy atom. The van der Waals surface area contributed by atoms with Gasteiger partial charge in [-0.1, -0.05) is 6.92 Å². The van der Waals surface area contributed by atoms with Crippen molar-refractivity contribution in [2.24, 2.45) is 0 Å². The molecule has 0 saturated carbocycles. The average molecular weight is 338 g/mol. The monoisotopic (exact) mass is 338 g/mol. The molecule has 23 heavy (non-hydrogen) atoms. The van der Waals surface area contributed by atoms with E-state index in [0.717, 1.165) is 29.6 Å². The fourth-order valence-corrected chi connectivity index (χ4v) is 3.63. The third kappa shape index (κ3) is 3.11. The standard InChI is InChI=1S/C16H16F2N2O2S/c1-2-15-19-7-14(23-15)16(22)20-8-10(21)6-13(20)11-5-9(17)3-4-12(11)18/h3-5,7,10,13,21H,2,6,8H2,1H3. The summed E-state index contributed by atoms with van der Waals surface area (Å²) in [5, 5.41) is 10.8. The van der Waals surface area contributed by atoms with Crippen LogP contribution in [0.5, 0.6) is 0 Å². The largest absolute Gasteiger partial charge is 0.391 e. The summed E-state index contributed by atoms with van der Waals surface area (Å²) in [6, 6.07) is 2.48. The molecule has 1 amide bonds. The van der Waals surface area contributed by atoms with E-state index in [1.807, 2.05) is 6.92 Å². The van der Waals surface area contributed by atoms with Crippen LogP contribution in [0.4, 0.5) is 8.78 Å². The first-order chi connectivity index (χ1) is 11.0. The molecule has 2 unspecified atom stereocenters. The summed E-state index contributed by atoms with van der Waals surface area (Å²) < 4.78 is 27.5. The fraction of sp³-hybridized carbons (Fsp3) is 0.375. The number of nitrogens with zero attached hydrogens (tertiary/aromatic N) is 2. The number of aliphatic hydroxyl groups excluding tert-OH is 1. The lowest BCUT2D eigenvalue weighted by Crippen LogP contribution is -2.31. The molecule has 0 aliphatic carbocycles. The molecule has 2 heterocycles. The first-order valence-corrected chi connectivity index (χ1v) is 8.20. The van der Waals surface area contributed by atoms with Crippen LogP contribution in [0, 0.1) is 11.6 Å². The molecule has 1 N–H and O–H groups in total. The van der Waals surface area contributed by atoms with Gasteiger partial charge in [0.05, 0.1) is 23.4 Å². The van der Waals surface area contributed by atoms with E-state index >= 15 is 0 Å². The van der Waals surface area contributed by atoms with Gasteiger partial charge in [0, 0.05) is 12.1 Å². The Hall–Kier alpha value is -1.86. The molecule has 3 rings (SSSR count). The molecule has 1 aliphatic heterocycles. The second-order valence-electron chi connectivity index (χ2n) is 5.50. The summed E-state index contributed by atoms with van der Waals surface area (Å²) in [6.45, 7) is 2.04. The topological polar surface area (TPSA) is 53.4 Å². The van der Waals surface area contributed by atoms with Crippen LogP contribution in [0.1, 0.15) is 39.6 Å². The molecule has 1 aliphatic rings. The lowest BCUT2D eigenvalue weighted by Gasteiger charge is -2.24. The van der Waals surface area contributed by atoms with Crippen molar-refractivity contribution in [3.8, 4) is 0 Å². The highest BCUT2D eigenvalue weighted by Gasteiger charge is 2.37. The molecule has 1 aromatic carbocycles. The molecule has 1 fully saturated rings. The minimum atomic E-state index is -0.759. The summed E-state index contributed by atoms with van der Waals surface area (Å²) in [4.78, 5) is 18.7. The Balaban J connectivity index is 1.93. The number of likely N-dealkylation sites (tertiary alicyclic amines) is 1. The second-order valence-corrected chi connectivity index (χ2v) is 6.62. The number of halogens is 2. The van der Waals surface area contributed by atoms with Gasteiger partial charge in [0.1, 0.15) is 16.5 Å². The molecule has 2 aromatic rings.